The SMILES string of the molecule is CC(C)CCCCC(=O)O.[PbH2]. The molecule has 0 aromatic heterocycles. The molecule has 0 aromatic carbocycles. The number of hydrogen-bond acceptors (Lipinski definition) is 1. The predicted octanol–water partition coefficient (Wildman–Crippen LogP) is 1.37. The van der Waals surface area contributed by atoms with Crippen LogP contribution in [0.2, 0.25) is 0 Å². The summed E-state index contributed by atoms with van der Waals surface area (Å²) in [5, 5.41) is 8.28. The molecule has 0 atom stereocenters. The van der Waals surface area contributed by atoms with Gasteiger partial charge in [-0.3, -0.25) is 4.79 Å². The fourth-order valence-corrected chi connectivity index (χ4v) is 0.829. The van der Waals surface area contributed by atoms with E-state index in [1.54, 1.807) is 0 Å². The van der Waals surface area contributed by atoms with Crippen LogP contribution in [0, 0.1) is 5.92 Å². The molecule has 0 aromatic rings. The zero-order valence-corrected chi connectivity index (χ0v) is 13.0. The molecular formula is C8H18O2Pb. The van der Waals surface area contributed by atoms with E-state index >= 15 is 0 Å². The summed E-state index contributed by atoms with van der Waals surface area (Å²) < 4.78 is 0. The van der Waals surface area contributed by atoms with E-state index in [1.165, 1.54) is 0 Å². The van der Waals surface area contributed by atoms with Gasteiger partial charge >= 0.3 is 33.3 Å². The fraction of sp³-hybridized carbons (Fsp3) is 0.875. The van der Waals surface area contributed by atoms with Crippen molar-refractivity contribution in [2.24, 2.45) is 5.92 Å². The van der Waals surface area contributed by atoms with Crippen molar-refractivity contribution in [3.05, 3.63) is 0 Å². The van der Waals surface area contributed by atoms with Gasteiger partial charge in [0.2, 0.25) is 0 Å². The Morgan fingerprint density at radius 1 is 1.36 bits per heavy atom. The van der Waals surface area contributed by atoms with Gasteiger partial charge in [0.15, 0.2) is 0 Å². The van der Waals surface area contributed by atoms with Crippen LogP contribution in [0.4, 0.5) is 0 Å². The average molecular weight is 353 g/mol. The molecule has 0 aliphatic rings. The first-order valence-corrected chi connectivity index (χ1v) is 3.84. The third kappa shape index (κ3) is 13.4. The summed E-state index contributed by atoms with van der Waals surface area (Å²) >= 11 is 0. The van der Waals surface area contributed by atoms with Gasteiger partial charge < -0.3 is 5.11 Å². The molecule has 3 heteroatoms. The number of carboxylic acid groups (broad SMARTS) is 1. The van der Waals surface area contributed by atoms with Crippen molar-refractivity contribution in [3.63, 3.8) is 0 Å². The molecule has 0 unspecified atom stereocenters. The normalized spacial score (nSPS) is 9.36. The second-order valence-electron chi connectivity index (χ2n) is 3.03. The Bertz CT molecular complexity index is 102. The zero-order valence-electron chi connectivity index (χ0n) is 7.47. The van der Waals surface area contributed by atoms with Crippen LogP contribution in [-0.2, 0) is 4.79 Å². The van der Waals surface area contributed by atoms with Gasteiger partial charge in [0.05, 0.1) is 0 Å². The van der Waals surface area contributed by atoms with Crippen LogP contribution in [0.5, 0.6) is 0 Å². The van der Waals surface area contributed by atoms with Crippen molar-refractivity contribution in [1.82, 2.24) is 0 Å². The van der Waals surface area contributed by atoms with Crippen molar-refractivity contribution in [2.75, 3.05) is 0 Å². The van der Waals surface area contributed by atoms with Gasteiger partial charge in [-0.05, 0) is 12.3 Å². The Morgan fingerprint density at radius 2 is 1.91 bits per heavy atom. The number of carbonyl (C=O) groups is 1. The molecule has 2 nitrogen and oxygen atoms in total. The fourth-order valence-electron chi connectivity index (χ4n) is 0.829. The van der Waals surface area contributed by atoms with Gasteiger partial charge in [0.25, 0.3) is 0 Å². The topological polar surface area (TPSA) is 37.3 Å². The Hall–Kier alpha value is 0.392. The van der Waals surface area contributed by atoms with Crippen molar-refractivity contribution in [1.29, 1.82) is 0 Å². The standard InChI is InChI=1S/C8H16O2.Pb.2H/c1-7(2)5-3-4-6-8(9)10;;;/h7H,3-6H2,1-2H3,(H,9,10);;;. The van der Waals surface area contributed by atoms with Crippen molar-refractivity contribution >= 4 is 33.3 Å². The van der Waals surface area contributed by atoms with E-state index in [1.807, 2.05) is 0 Å². The van der Waals surface area contributed by atoms with Gasteiger partial charge in [-0.25, -0.2) is 0 Å². The van der Waals surface area contributed by atoms with Crippen molar-refractivity contribution < 1.29 is 9.90 Å². The van der Waals surface area contributed by atoms with E-state index < -0.39 is 5.97 Å². The Balaban J connectivity index is 0. The van der Waals surface area contributed by atoms with E-state index in [0.29, 0.717) is 12.3 Å². The van der Waals surface area contributed by atoms with Gasteiger partial charge in [0.1, 0.15) is 0 Å². The van der Waals surface area contributed by atoms with Crippen LogP contribution < -0.4 is 0 Å². The molecule has 0 aliphatic heterocycles. The van der Waals surface area contributed by atoms with E-state index in [0.717, 1.165) is 19.3 Å². The van der Waals surface area contributed by atoms with E-state index in [4.69, 9.17) is 5.11 Å². The van der Waals surface area contributed by atoms with Crippen LogP contribution in [-0.4, -0.2) is 38.4 Å². The predicted molar refractivity (Wildman–Crippen MR) is 49.5 cm³/mol. The second kappa shape index (κ2) is 8.49. The average Bonchev–Trinajstić information content (AvgIpc) is 1.79. The third-order valence-corrected chi connectivity index (χ3v) is 1.42. The zero-order chi connectivity index (χ0) is 7.98. The Kier molecular flexibility index (Phi) is 10.8. The van der Waals surface area contributed by atoms with Crippen LogP contribution in [0.3, 0.4) is 0 Å². The maximum absolute atomic E-state index is 10.0. The van der Waals surface area contributed by atoms with Crippen LogP contribution in [0.15, 0.2) is 0 Å². The number of carboxylic acids is 1. The minimum atomic E-state index is -0.677. The molecule has 0 aliphatic carbocycles. The van der Waals surface area contributed by atoms with E-state index in [2.05, 4.69) is 13.8 Å². The summed E-state index contributed by atoms with van der Waals surface area (Å²) in [6.45, 7) is 4.31. The summed E-state index contributed by atoms with van der Waals surface area (Å²) in [5.74, 6) is 0.0255. The molecule has 0 heterocycles. The molecule has 0 fully saturated rings. The Morgan fingerprint density at radius 3 is 2.27 bits per heavy atom. The summed E-state index contributed by atoms with van der Waals surface area (Å²) in [6, 6.07) is 0. The second-order valence-corrected chi connectivity index (χ2v) is 3.03. The summed E-state index contributed by atoms with van der Waals surface area (Å²) in [6.07, 6.45) is 3.34. The van der Waals surface area contributed by atoms with Gasteiger partial charge in [0, 0.05) is 6.42 Å². The van der Waals surface area contributed by atoms with Gasteiger partial charge in [-0.15, -0.1) is 0 Å². The van der Waals surface area contributed by atoms with Gasteiger partial charge in [-0.1, -0.05) is 26.7 Å². The first-order valence-electron chi connectivity index (χ1n) is 3.84. The van der Waals surface area contributed by atoms with Crippen molar-refractivity contribution in [2.45, 2.75) is 39.5 Å². The van der Waals surface area contributed by atoms with Crippen LogP contribution >= 0.6 is 0 Å². The summed E-state index contributed by atoms with van der Waals surface area (Å²) in [7, 11) is 0. The van der Waals surface area contributed by atoms with Crippen LogP contribution in [0.1, 0.15) is 39.5 Å². The molecule has 2 radical (unpaired) electrons. The minimum absolute atomic E-state index is 0. The molecule has 1 N–H and O–H groups in total. The monoisotopic (exact) mass is 354 g/mol. The molecule has 0 amide bonds. The molecule has 0 spiro atoms. The van der Waals surface area contributed by atoms with E-state index in [-0.39, 0.29) is 27.3 Å². The summed E-state index contributed by atoms with van der Waals surface area (Å²) in [4.78, 5) is 10.0. The van der Waals surface area contributed by atoms with E-state index in [9.17, 15) is 4.79 Å². The quantitative estimate of drug-likeness (QED) is 0.599. The molecule has 0 saturated carbocycles. The molecule has 0 bridgehead atoms. The van der Waals surface area contributed by atoms with Gasteiger partial charge in [-0.2, -0.15) is 0 Å². The number of unbranched alkanes of at least 4 members (excludes halogenated alkanes) is 1. The Labute approximate surface area is 88.5 Å². The number of rotatable bonds is 5. The molecule has 66 valence electrons. The maximum atomic E-state index is 10.0. The summed E-state index contributed by atoms with van der Waals surface area (Å²) in [5.41, 5.74) is 0. The van der Waals surface area contributed by atoms with Crippen molar-refractivity contribution in [3.8, 4) is 0 Å². The number of aliphatic carboxylic acids is 1. The first-order chi connectivity index (χ1) is 4.63. The first kappa shape index (κ1) is 13.9. The number of hydrogen-bond donors (Lipinski definition) is 1. The van der Waals surface area contributed by atoms with Crippen LogP contribution in [0.25, 0.3) is 0 Å². The third-order valence-electron chi connectivity index (χ3n) is 1.42. The molecule has 0 rings (SSSR count). The molecule has 0 saturated heterocycles. The molecular weight excluding hydrogens is 335 g/mol. The molecule has 11 heavy (non-hydrogen) atoms.